The van der Waals surface area contributed by atoms with E-state index in [1.165, 1.54) is 6.07 Å². The van der Waals surface area contributed by atoms with Crippen LogP contribution in [0.1, 0.15) is 29.5 Å². The van der Waals surface area contributed by atoms with Crippen LogP contribution >= 0.6 is 11.8 Å². The second-order valence-corrected chi connectivity index (χ2v) is 9.05. The summed E-state index contributed by atoms with van der Waals surface area (Å²) in [6.45, 7) is 2.03. The minimum absolute atomic E-state index is 0.124. The van der Waals surface area contributed by atoms with Gasteiger partial charge in [-0.05, 0) is 42.3 Å². The van der Waals surface area contributed by atoms with Gasteiger partial charge in [0.1, 0.15) is 0 Å². The summed E-state index contributed by atoms with van der Waals surface area (Å²) in [6.07, 6.45) is 0. The van der Waals surface area contributed by atoms with Crippen molar-refractivity contribution in [2.45, 2.75) is 23.5 Å². The van der Waals surface area contributed by atoms with Crippen molar-refractivity contribution in [2.24, 2.45) is 0 Å². The van der Waals surface area contributed by atoms with E-state index in [-0.39, 0.29) is 23.3 Å². The molecule has 27 heavy (non-hydrogen) atoms. The highest BCUT2D eigenvalue weighted by Crippen LogP contribution is 2.33. The molecule has 0 saturated carbocycles. The first-order valence-electron chi connectivity index (χ1n) is 8.42. The van der Waals surface area contributed by atoms with Crippen molar-refractivity contribution < 1.29 is 13.2 Å². The molecule has 1 amide bonds. The first kappa shape index (κ1) is 19.4. The molecular weight excluding hydrogens is 382 g/mol. The molecule has 0 aromatic heterocycles. The molecule has 0 fully saturated rings. The van der Waals surface area contributed by atoms with Gasteiger partial charge in [-0.2, -0.15) is 17.0 Å². The Morgan fingerprint density at radius 1 is 1.26 bits per heavy atom. The summed E-state index contributed by atoms with van der Waals surface area (Å²) in [7, 11) is -3.64. The minimum Gasteiger partial charge on any atom is -0.325 e. The highest BCUT2D eigenvalue weighted by Gasteiger charge is 2.28. The SMILES string of the molecule is C[C@H]1C(=O)Nc2ccc(S(=O)(=O)NCCSCc3ccccc3C#N)cc21. The molecule has 0 aliphatic carbocycles. The average molecular weight is 402 g/mol. The molecule has 2 aromatic carbocycles. The Hall–Kier alpha value is -2.34. The summed E-state index contributed by atoms with van der Waals surface area (Å²) in [5, 5.41) is 11.8. The van der Waals surface area contributed by atoms with E-state index in [0.29, 0.717) is 28.3 Å². The summed E-state index contributed by atoms with van der Waals surface area (Å²) in [5.41, 5.74) is 2.95. The zero-order valence-corrected chi connectivity index (χ0v) is 16.4. The molecule has 140 valence electrons. The second-order valence-electron chi connectivity index (χ2n) is 6.18. The maximum absolute atomic E-state index is 12.5. The van der Waals surface area contributed by atoms with E-state index in [0.717, 1.165) is 5.56 Å². The van der Waals surface area contributed by atoms with Gasteiger partial charge in [0, 0.05) is 23.7 Å². The standard InChI is InChI=1S/C19H19N3O3S2/c1-13-17-10-16(6-7-18(17)22-19(13)23)27(24,25)21-8-9-26-12-15-5-3-2-4-14(15)11-20/h2-7,10,13,21H,8-9,12H2,1H3,(H,22,23)/t13-/m1/s1. The molecule has 2 aromatic rings. The maximum Gasteiger partial charge on any atom is 0.240 e. The van der Waals surface area contributed by atoms with Crippen LogP contribution in [0.4, 0.5) is 5.69 Å². The van der Waals surface area contributed by atoms with Crippen LogP contribution in [-0.4, -0.2) is 26.6 Å². The molecule has 1 atom stereocenters. The number of thioether (sulfide) groups is 1. The van der Waals surface area contributed by atoms with E-state index in [9.17, 15) is 13.2 Å². The Kier molecular flexibility index (Phi) is 5.85. The number of hydrogen-bond donors (Lipinski definition) is 2. The lowest BCUT2D eigenvalue weighted by Gasteiger charge is -2.09. The molecule has 6 nitrogen and oxygen atoms in total. The molecule has 1 heterocycles. The van der Waals surface area contributed by atoms with Gasteiger partial charge in [-0.25, -0.2) is 13.1 Å². The van der Waals surface area contributed by atoms with Crippen molar-refractivity contribution in [1.29, 1.82) is 5.26 Å². The van der Waals surface area contributed by atoms with Gasteiger partial charge < -0.3 is 5.32 Å². The van der Waals surface area contributed by atoms with Gasteiger partial charge >= 0.3 is 0 Å². The summed E-state index contributed by atoms with van der Waals surface area (Å²) < 4.78 is 27.6. The zero-order chi connectivity index (χ0) is 19.4. The summed E-state index contributed by atoms with van der Waals surface area (Å²) in [6, 6.07) is 14.2. The number of anilines is 1. The van der Waals surface area contributed by atoms with Crippen LogP contribution in [-0.2, 0) is 20.6 Å². The molecule has 1 aliphatic heterocycles. The predicted molar refractivity (Wildman–Crippen MR) is 106 cm³/mol. The number of sulfonamides is 1. The topological polar surface area (TPSA) is 99.1 Å². The van der Waals surface area contributed by atoms with Gasteiger partial charge in [-0.1, -0.05) is 18.2 Å². The van der Waals surface area contributed by atoms with E-state index in [1.54, 1.807) is 36.9 Å². The fourth-order valence-electron chi connectivity index (χ4n) is 2.83. The van der Waals surface area contributed by atoms with Gasteiger partial charge in [0.25, 0.3) is 0 Å². The first-order chi connectivity index (χ1) is 12.9. The number of rotatable bonds is 7. The lowest BCUT2D eigenvalue weighted by atomic mass is 10.0. The van der Waals surface area contributed by atoms with Crippen LogP contribution < -0.4 is 10.0 Å². The Bertz CT molecular complexity index is 1010. The molecule has 0 radical (unpaired) electrons. The van der Waals surface area contributed by atoms with Gasteiger partial charge in [0.05, 0.1) is 22.4 Å². The Labute approximate surface area is 163 Å². The fourth-order valence-corrected chi connectivity index (χ4v) is 4.89. The van der Waals surface area contributed by atoms with Crippen LogP contribution in [0, 0.1) is 11.3 Å². The lowest BCUT2D eigenvalue weighted by Crippen LogP contribution is -2.26. The van der Waals surface area contributed by atoms with E-state index in [4.69, 9.17) is 5.26 Å². The Morgan fingerprint density at radius 2 is 2.04 bits per heavy atom. The highest BCUT2D eigenvalue weighted by molar-refractivity contribution is 7.98. The monoisotopic (exact) mass is 401 g/mol. The van der Waals surface area contributed by atoms with Crippen LogP contribution in [0.5, 0.6) is 0 Å². The van der Waals surface area contributed by atoms with E-state index < -0.39 is 10.0 Å². The first-order valence-corrected chi connectivity index (χ1v) is 11.1. The predicted octanol–water partition coefficient (Wildman–Crippen LogP) is 2.83. The second kappa shape index (κ2) is 8.13. The molecule has 0 bridgehead atoms. The maximum atomic E-state index is 12.5. The van der Waals surface area contributed by atoms with Crippen molar-refractivity contribution >= 4 is 33.4 Å². The van der Waals surface area contributed by atoms with Gasteiger partial charge in [-0.3, -0.25) is 4.79 Å². The number of hydrogen-bond acceptors (Lipinski definition) is 5. The van der Waals surface area contributed by atoms with Crippen LogP contribution in [0.3, 0.4) is 0 Å². The molecule has 1 aliphatic rings. The third-order valence-corrected chi connectivity index (χ3v) is 6.85. The lowest BCUT2D eigenvalue weighted by molar-refractivity contribution is -0.116. The summed E-state index contributed by atoms with van der Waals surface area (Å²) in [4.78, 5) is 11.9. The Morgan fingerprint density at radius 3 is 2.81 bits per heavy atom. The number of carbonyl (C=O) groups is 1. The largest absolute Gasteiger partial charge is 0.325 e. The average Bonchev–Trinajstić information content (AvgIpc) is 2.95. The van der Waals surface area contributed by atoms with Crippen molar-refractivity contribution in [3.05, 3.63) is 59.2 Å². The van der Waals surface area contributed by atoms with Gasteiger partial charge in [0.2, 0.25) is 15.9 Å². The molecule has 2 N–H and O–H groups in total. The van der Waals surface area contributed by atoms with Gasteiger partial charge in [0.15, 0.2) is 0 Å². The smallest absolute Gasteiger partial charge is 0.240 e. The highest BCUT2D eigenvalue weighted by atomic mass is 32.2. The molecule has 0 unspecified atom stereocenters. The molecule has 8 heteroatoms. The third-order valence-electron chi connectivity index (χ3n) is 4.38. The van der Waals surface area contributed by atoms with Crippen molar-refractivity contribution in [1.82, 2.24) is 4.72 Å². The summed E-state index contributed by atoms with van der Waals surface area (Å²) >= 11 is 1.56. The number of carbonyl (C=O) groups excluding carboxylic acids is 1. The number of fused-ring (bicyclic) bond motifs is 1. The van der Waals surface area contributed by atoms with E-state index in [1.807, 2.05) is 18.2 Å². The van der Waals surface area contributed by atoms with Crippen LogP contribution in [0.25, 0.3) is 0 Å². The van der Waals surface area contributed by atoms with E-state index in [2.05, 4.69) is 16.1 Å². The molecule has 3 rings (SSSR count). The Balaban J connectivity index is 1.55. The number of nitriles is 1. The zero-order valence-electron chi connectivity index (χ0n) is 14.7. The van der Waals surface area contributed by atoms with Crippen LogP contribution in [0.15, 0.2) is 47.4 Å². The third kappa shape index (κ3) is 4.33. The minimum atomic E-state index is -3.64. The fraction of sp³-hybridized carbons (Fsp3) is 0.263. The van der Waals surface area contributed by atoms with Gasteiger partial charge in [-0.15, -0.1) is 0 Å². The molecular formula is C19H19N3O3S2. The van der Waals surface area contributed by atoms with Crippen LogP contribution in [0.2, 0.25) is 0 Å². The molecule has 0 spiro atoms. The van der Waals surface area contributed by atoms with Crippen molar-refractivity contribution in [3.8, 4) is 6.07 Å². The van der Waals surface area contributed by atoms with Crippen molar-refractivity contribution in [3.63, 3.8) is 0 Å². The molecule has 0 saturated heterocycles. The van der Waals surface area contributed by atoms with E-state index >= 15 is 0 Å². The normalized spacial score (nSPS) is 15.9. The summed E-state index contributed by atoms with van der Waals surface area (Å²) in [5.74, 6) is 0.753. The number of nitrogens with zero attached hydrogens (tertiary/aromatic N) is 1. The number of nitrogens with one attached hydrogen (secondary N) is 2. The number of amides is 1. The number of benzene rings is 2. The quantitative estimate of drug-likeness (QED) is 0.695. The van der Waals surface area contributed by atoms with Crippen molar-refractivity contribution in [2.75, 3.05) is 17.6 Å².